The normalized spacial score (nSPS) is 11.9. The van der Waals surface area contributed by atoms with E-state index in [1.807, 2.05) is 31.2 Å². The Labute approximate surface area is 117 Å². The molecule has 1 unspecified atom stereocenters. The van der Waals surface area contributed by atoms with Gasteiger partial charge < -0.3 is 10.6 Å². The molecule has 3 nitrogen and oxygen atoms in total. The third-order valence-corrected chi connectivity index (χ3v) is 3.89. The number of rotatable bonds is 5. The topological polar surface area (TPSA) is 41.1 Å². The Morgan fingerprint density at radius 2 is 2.00 bits per heavy atom. The lowest BCUT2D eigenvalue weighted by molar-refractivity contribution is 0.0956. The van der Waals surface area contributed by atoms with Crippen molar-refractivity contribution in [2.24, 2.45) is 0 Å². The maximum absolute atomic E-state index is 11.6. The van der Waals surface area contributed by atoms with Crippen LogP contribution < -0.4 is 10.6 Å². The molecule has 1 heterocycles. The molecule has 0 bridgehead atoms. The summed E-state index contributed by atoms with van der Waals surface area (Å²) in [4.78, 5) is 12.9. The summed E-state index contributed by atoms with van der Waals surface area (Å²) in [5, 5.41) is 8.28. The fourth-order valence-corrected chi connectivity index (χ4v) is 2.57. The molecule has 2 N–H and O–H groups in total. The Balaban J connectivity index is 2.01. The minimum Gasteiger partial charge on any atom is -0.378 e. The van der Waals surface area contributed by atoms with Crippen LogP contribution in [0.4, 0.5) is 5.69 Å². The monoisotopic (exact) mass is 274 g/mol. The standard InChI is InChI=1S/C15H18N2OS/c1-3-16-15(18)12-6-8-13(9-7-12)17-11(2)14-5-4-10-19-14/h4-11,17H,3H2,1-2H3,(H,16,18). The van der Waals surface area contributed by atoms with Crippen molar-refractivity contribution < 1.29 is 4.79 Å². The fourth-order valence-electron chi connectivity index (χ4n) is 1.84. The number of thiophene rings is 1. The van der Waals surface area contributed by atoms with E-state index in [0.29, 0.717) is 12.1 Å². The number of anilines is 1. The molecule has 1 aromatic heterocycles. The number of nitrogens with one attached hydrogen (secondary N) is 2. The first-order valence-corrected chi connectivity index (χ1v) is 7.27. The first-order chi connectivity index (χ1) is 9.20. The van der Waals surface area contributed by atoms with E-state index in [1.165, 1.54) is 4.88 Å². The minimum atomic E-state index is -0.0274. The van der Waals surface area contributed by atoms with Gasteiger partial charge in [0.1, 0.15) is 0 Å². The van der Waals surface area contributed by atoms with Crippen LogP contribution in [-0.2, 0) is 0 Å². The first kappa shape index (κ1) is 13.6. The molecule has 0 radical (unpaired) electrons. The number of hydrogen-bond donors (Lipinski definition) is 2. The molecular weight excluding hydrogens is 256 g/mol. The van der Waals surface area contributed by atoms with Crippen LogP contribution in [0, 0.1) is 0 Å². The molecule has 0 aliphatic rings. The van der Waals surface area contributed by atoms with Gasteiger partial charge in [-0.25, -0.2) is 0 Å². The molecule has 0 saturated carbocycles. The Morgan fingerprint density at radius 3 is 2.58 bits per heavy atom. The molecule has 19 heavy (non-hydrogen) atoms. The largest absolute Gasteiger partial charge is 0.378 e. The SMILES string of the molecule is CCNC(=O)c1ccc(NC(C)c2cccs2)cc1. The van der Waals surface area contributed by atoms with Crippen molar-refractivity contribution >= 4 is 22.9 Å². The second-order valence-corrected chi connectivity index (χ2v) is 5.30. The van der Waals surface area contributed by atoms with E-state index in [0.717, 1.165) is 5.69 Å². The first-order valence-electron chi connectivity index (χ1n) is 6.39. The van der Waals surface area contributed by atoms with E-state index in [2.05, 4.69) is 35.1 Å². The van der Waals surface area contributed by atoms with Crippen LogP contribution in [0.1, 0.15) is 35.1 Å². The third-order valence-electron chi connectivity index (χ3n) is 2.84. The number of carbonyl (C=O) groups excluding carboxylic acids is 1. The molecule has 1 aromatic carbocycles. The second kappa shape index (κ2) is 6.38. The summed E-state index contributed by atoms with van der Waals surface area (Å²) in [7, 11) is 0. The van der Waals surface area contributed by atoms with Gasteiger partial charge in [-0.2, -0.15) is 0 Å². The van der Waals surface area contributed by atoms with Crippen LogP contribution in [0.2, 0.25) is 0 Å². The zero-order chi connectivity index (χ0) is 13.7. The van der Waals surface area contributed by atoms with Crippen LogP contribution in [0.25, 0.3) is 0 Å². The van der Waals surface area contributed by atoms with Crippen molar-refractivity contribution in [3.63, 3.8) is 0 Å². The van der Waals surface area contributed by atoms with Crippen LogP contribution in [0.3, 0.4) is 0 Å². The minimum absolute atomic E-state index is 0.0274. The van der Waals surface area contributed by atoms with Gasteiger partial charge in [0, 0.05) is 22.7 Å². The highest BCUT2D eigenvalue weighted by molar-refractivity contribution is 7.10. The highest BCUT2D eigenvalue weighted by atomic mass is 32.1. The van der Waals surface area contributed by atoms with Gasteiger partial charge in [0.05, 0.1) is 6.04 Å². The molecule has 4 heteroatoms. The van der Waals surface area contributed by atoms with Crippen LogP contribution in [0.15, 0.2) is 41.8 Å². The number of benzene rings is 1. The zero-order valence-electron chi connectivity index (χ0n) is 11.1. The lowest BCUT2D eigenvalue weighted by atomic mass is 10.1. The highest BCUT2D eigenvalue weighted by Gasteiger charge is 2.07. The highest BCUT2D eigenvalue weighted by Crippen LogP contribution is 2.23. The second-order valence-electron chi connectivity index (χ2n) is 4.32. The summed E-state index contributed by atoms with van der Waals surface area (Å²) in [6, 6.07) is 12.0. The summed E-state index contributed by atoms with van der Waals surface area (Å²) in [6.45, 7) is 4.69. The molecule has 2 aromatic rings. The predicted molar refractivity (Wildman–Crippen MR) is 80.8 cm³/mol. The van der Waals surface area contributed by atoms with Crippen molar-refractivity contribution in [1.29, 1.82) is 0 Å². The maximum Gasteiger partial charge on any atom is 0.251 e. The third kappa shape index (κ3) is 3.58. The fraction of sp³-hybridized carbons (Fsp3) is 0.267. The van der Waals surface area contributed by atoms with Crippen LogP contribution in [0.5, 0.6) is 0 Å². The van der Waals surface area contributed by atoms with E-state index in [4.69, 9.17) is 0 Å². The quantitative estimate of drug-likeness (QED) is 0.873. The number of carbonyl (C=O) groups is 1. The molecule has 0 aliphatic heterocycles. The summed E-state index contributed by atoms with van der Waals surface area (Å²) in [5.41, 5.74) is 1.71. The Morgan fingerprint density at radius 1 is 1.26 bits per heavy atom. The lowest BCUT2D eigenvalue weighted by Crippen LogP contribution is -2.22. The molecule has 100 valence electrons. The Kier molecular flexibility index (Phi) is 4.58. The molecule has 0 saturated heterocycles. The molecule has 1 amide bonds. The van der Waals surface area contributed by atoms with Gasteiger partial charge in [-0.05, 0) is 49.6 Å². The molecule has 0 fully saturated rings. The van der Waals surface area contributed by atoms with Gasteiger partial charge in [-0.1, -0.05) is 6.07 Å². The van der Waals surface area contributed by atoms with Gasteiger partial charge in [-0.15, -0.1) is 11.3 Å². The van der Waals surface area contributed by atoms with Crippen molar-refractivity contribution in [2.45, 2.75) is 19.9 Å². The van der Waals surface area contributed by atoms with Gasteiger partial charge in [0.2, 0.25) is 0 Å². The number of hydrogen-bond acceptors (Lipinski definition) is 3. The molecule has 1 atom stereocenters. The van der Waals surface area contributed by atoms with Gasteiger partial charge in [-0.3, -0.25) is 4.79 Å². The molecule has 0 aliphatic carbocycles. The summed E-state index contributed by atoms with van der Waals surface area (Å²) in [6.07, 6.45) is 0. The summed E-state index contributed by atoms with van der Waals surface area (Å²) in [5.74, 6) is -0.0274. The maximum atomic E-state index is 11.6. The smallest absolute Gasteiger partial charge is 0.251 e. The van der Waals surface area contributed by atoms with E-state index in [1.54, 1.807) is 11.3 Å². The van der Waals surface area contributed by atoms with E-state index in [9.17, 15) is 4.79 Å². The van der Waals surface area contributed by atoms with Crippen LogP contribution >= 0.6 is 11.3 Å². The number of amides is 1. The van der Waals surface area contributed by atoms with Crippen molar-refractivity contribution in [3.8, 4) is 0 Å². The summed E-state index contributed by atoms with van der Waals surface area (Å²) < 4.78 is 0. The zero-order valence-corrected chi connectivity index (χ0v) is 12.0. The predicted octanol–water partition coefficient (Wildman–Crippen LogP) is 3.67. The molecule has 0 spiro atoms. The van der Waals surface area contributed by atoms with E-state index < -0.39 is 0 Å². The van der Waals surface area contributed by atoms with Crippen LogP contribution in [-0.4, -0.2) is 12.5 Å². The Bertz CT molecular complexity index is 520. The average molecular weight is 274 g/mol. The van der Waals surface area contributed by atoms with Gasteiger partial charge >= 0.3 is 0 Å². The van der Waals surface area contributed by atoms with Crippen molar-refractivity contribution in [3.05, 3.63) is 52.2 Å². The van der Waals surface area contributed by atoms with E-state index in [-0.39, 0.29) is 11.9 Å². The van der Waals surface area contributed by atoms with Gasteiger partial charge in [0.15, 0.2) is 0 Å². The Hall–Kier alpha value is -1.81. The average Bonchev–Trinajstić information content (AvgIpc) is 2.94. The van der Waals surface area contributed by atoms with Gasteiger partial charge in [0.25, 0.3) is 5.91 Å². The lowest BCUT2D eigenvalue weighted by Gasteiger charge is -2.14. The van der Waals surface area contributed by atoms with E-state index >= 15 is 0 Å². The molecule has 2 rings (SSSR count). The summed E-state index contributed by atoms with van der Waals surface area (Å²) >= 11 is 1.74. The van der Waals surface area contributed by atoms with Crippen molar-refractivity contribution in [2.75, 3.05) is 11.9 Å². The molecular formula is C15H18N2OS. The van der Waals surface area contributed by atoms with Crippen molar-refractivity contribution in [1.82, 2.24) is 5.32 Å².